The second kappa shape index (κ2) is 2.26. The van der Waals surface area contributed by atoms with Crippen molar-refractivity contribution < 1.29 is 0 Å². The third-order valence-electron chi connectivity index (χ3n) is 2.74. The van der Waals surface area contributed by atoms with Gasteiger partial charge in [0.1, 0.15) is 0 Å². The Kier molecular flexibility index (Phi) is 1.40. The highest BCUT2D eigenvalue weighted by Crippen LogP contribution is 2.36. The van der Waals surface area contributed by atoms with Crippen LogP contribution in [0.5, 0.6) is 0 Å². The fourth-order valence-electron chi connectivity index (χ4n) is 2.11. The molecule has 0 heterocycles. The molecule has 0 bridgehead atoms. The lowest BCUT2D eigenvalue weighted by molar-refractivity contribution is 0.523. The van der Waals surface area contributed by atoms with E-state index < -0.39 is 0 Å². The van der Waals surface area contributed by atoms with Crippen LogP contribution in [0.1, 0.15) is 32.6 Å². The first-order valence-corrected chi connectivity index (χ1v) is 4.26. The molecule has 0 aromatic heterocycles. The average molecular weight is 134 g/mol. The predicted molar refractivity (Wildman–Crippen MR) is 43.8 cm³/mol. The van der Waals surface area contributed by atoms with Gasteiger partial charge in [-0.25, -0.2) is 0 Å². The molecule has 0 nitrogen and oxygen atoms in total. The topological polar surface area (TPSA) is 0 Å². The Hall–Kier alpha value is -0.520. The molecule has 0 amide bonds. The fourth-order valence-corrected chi connectivity index (χ4v) is 2.11. The van der Waals surface area contributed by atoms with Crippen LogP contribution in [0, 0.1) is 5.92 Å². The van der Waals surface area contributed by atoms with E-state index in [9.17, 15) is 0 Å². The molecule has 0 heteroatoms. The highest BCUT2D eigenvalue weighted by atomic mass is 14.3. The number of hydrogen-bond acceptors (Lipinski definition) is 0. The molecule has 0 saturated heterocycles. The molecular formula is C10H14. The van der Waals surface area contributed by atoms with Crippen LogP contribution in [0.4, 0.5) is 0 Å². The maximum absolute atomic E-state index is 2.38. The summed E-state index contributed by atoms with van der Waals surface area (Å²) in [5.41, 5.74) is 3.27. The van der Waals surface area contributed by atoms with Crippen LogP contribution in [0.3, 0.4) is 0 Å². The number of allylic oxidation sites excluding steroid dienone is 4. The first kappa shape index (κ1) is 6.21. The van der Waals surface area contributed by atoms with Crippen molar-refractivity contribution in [2.75, 3.05) is 0 Å². The SMILES string of the molecule is CC1=C2CCCC[C@@H]2C=C1. The lowest BCUT2D eigenvalue weighted by Gasteiger charge is -2.20. The van der Waals surface area contributed by atoms with Crippen molar-refractivity contribution in [2.45, 2.75) is 32.6 Å². The van der Waals surface area contributed by atoms with Gasteiger partial charge in [0, 0.05) is 0 Å². The zero-order valence-electron chi connectivity index (χ0n) is 6.56. The van der Waals surface area contributed by atoms with E-state index in [4.69, 9.17) is 0 Å². The zero-order chi connectivity index (χ0) is 6.97. The maximum atomic E-state index is 2.38. The van der Waals surface area contributed by atoms with Gasteiger partial charge in [0.05, 0.1) is 0 Å². The third-order valence-corrected chi connectivity index (χ3v) is 2.74. The lowest BCUT2D eigenvalue weighted by atomic mass is 9.85. The van der Waals surface area contributed by atoms with Crippen LogP contribution in [0.15, 0.2) is 23.3 Å². The van der Waals surface area contributed by atoms with Crippen molar-refractivity contribution in [3.63, 3.8) is 0 Å². The van der Waals surface area contributed by atoms with Crippen molar-refractivity contribution >= 4 is 0 Å². The molecule has 0 spiro atoms. The summed E-state index contributed by atoms with van der Waals surface area (Å²) in [6.07, 6.45) is 10.3. The van der Waals surface area contributed by atoms with Gasteiger partial charge < -0.3 is 0 Å². The molecular weight excluding hydrogens is 120 g/mol. The highest BCUT2D eigenvalue weighted by Gasteiger charge is 2.20. The second-order valence-corrected chi connectivity index (χ2v) is 3.42. The standard InChI is InChI=1S/C10H14/c1-8-6-7-9-4-2-3-5-10(8)9/h6-7,9H,2-5H2,1H3/t9-/m1/s1. The summed E-state index contributed by atoms with van der Waals surface area (Å²) < 4.78 is 0. The van der Waals surface area contributed by atoms with Crippen molar-refractivity contribution in [2.24, 2.45) is 5.92 Å². The van der Waals surface area contributed by atoms with Gasteiger partial charge >= 0.3 is 0 Å². The van der Waals surface area contributed by atoms with E-state index >= 15 is 0 Å². The van der Waals surface area contributed by atoms with Crippen molar-refractivity contribution in [3.05, 3.63) is 23.3 Å². The first-order valence-electron chi connectivity index (χ1n) is 4.26. The van der Waals surface area contributed by atoms with E-state index in [1.807, 2.05) is 0 Å². The second-order valence-electron chi connectivity index (χ2n) is 3.42. The minimum atomic E-state index is 0.841. The van der Waals surface area contributed by atoms with Gasteiger partial charge in [0.15, 0.2) is 0 Å². The number of rotatable bonds is 0. The average Bonchev–Trinajstić information content (AvgIpc) is 2.34. The van der Waals surface area contributed by atoms with Gasteiger partial charge in [-0.3, -0.25) is 0 Å². The molecule has 0 unspecified atom stereocenters. The van der Waals surface area contributed by atoms with Gasteiger partial charge in [-0.1, -0.05) is 29.7 Å². The Balaban J connectivity index is 2.25. The van der Waals surface area contributed by atoms with Crippen LogP contribution in [0.25, 0.3) is 0 Å². The van der Waals surface area contributed by atoms with Crippen molar-refractivity contribution in [1.82, 2.24) is 0 Å². The van der Waals surface area contributed by atoms with Gasteiger partial charge in [-0.2, -0.15) is 0 Å². The fraction of sp³-hybridized carbons (Fsp3) is 0.600. The Morgan fingerprint density at radius 3 is 3.10 bits per heavy atom. The molecule has 0 aromatic carbocycles. The third kappa shape index (κ3) is 0.828. The molecule has 54 valence electrons. The summed E-state index contributed by atoms with van der Waals surface area (Å²) in [6, 6.07) is 0. The summed E-state index contributed by atoms with van der Waals surface area (Å²) in [5.74, 6) is 0.841. The summed E-state index contributed by atoms with van der Waals surface area (Å²) in [4.78, 5) is 0. The van der Waals surface area contributed by atoms with E-state index in [0.29, 0.717) is 0 Å². The van der Waals surface area contributed by atoms with Gasteiger partial charge in [-0.15, -0.1) is 0 Å². The molecule has 0 aliphatic heterocycles. The van der Waals surface area contributed by atoms with Crippen LogP contribution >= 0.6 is 0 Å². The minimum absolute atomic E-state index is 0.841. The molecule has 10 heavy (non-hydrogen) atoms. The van der Waals surface area contributed by atoms with Crippen LogP contribution in [-0.2, 0) is 0 Å². The molecule has 2 rings (SSSR count). The van der Waals surface area contributed by atoms with Crippen LogP contribution in [0.2, 0.25) is 0 Å². The summed E-state index contributed by atoms with van der Waals surface area (Å²) in [5, 5.41) is 0. The van der Waals surface area contributed by atoms with E-state index in [0.717, 1.165) is 5.92 Å². The summed E-state index contributed by atoms with van der Waals surface area (Å²) >= 11 is 0. The maximum Gasteiger partial charge on any atom is -0.00143 e. The normalized spacial score (nSPS) is 31.1. The smallest absolute Gasteiger partial charge is 0.00143 e. The predicted octanol–water partition coefficient (Wildman–Crippen LogP) is 3.06. The summed E-state index contributed by atoms with van der Waals surface area (Å²) in [7, 11) is 0. The van der Waals surface area contributed by atoms with Gasteiger partial charge in [0.2, 0.25) is 0 Å². The van der Waals surface area contributed by atoms with E-state index in [1.165, 1.54) is 25.7 Å². The zero-order valence-corrected chi connectivity index (χ0v) is 6.56. The molecule has 2 aliphatic carbocycles. The Morgan fingerprint density at radius 2 is 2.30 bits per heavy atom. The molecule has 0 radical (unpaired) electrons. The van der Waals surface area contributed by atoms with E-state index in [2.05, 4.69) is 19.1 Å². The minimum Gasteiger partial charge on any atom is -0.0771 e. The Morgan fingerprint density at radius 1 is 1.40 bits per heavy atom. The molecule has 1 fully saturated rings. The van der Waals surface area contributed by atoms with Crippen molar-refractivity contribution in [3.8, 4) is 0 Å². The summed E-state index contributed by atoms with van der Waals surface area (Å²) in [6.45, 7) is 2.25. The monoisotopic (exact) mass is 134 g/mol. The lowest BCUT2D eigenvalue weighted by Crippen LogP contribution is -2.04. The van der Waals surface area contributed by atoms with Gasteiger partial charge in [0.25, 0.3) is 0 Å². The molecule has 2 aliphatic rings. The van der Waals surface area contributed by atoms with E-state index in [1.54, 1.807) is 11.1 Å². The number of hydrogen-bond donors (Lipinski definition) is 0. The molecule has 1 atom stereocenters. The quantitative estimate of drug-likeness (QED) is 0.477. The Labute approximate surface area is 62.6 Å². The van der Waals surface area contributed by atoms with E-state index in [-0.39, 0.29) is 0 Å². The molecule has 0 aromatic rings. The first-order chi connectivity index (χ1) is 4.88. The molecule has 0 N–H and O–H groups in total. The van der Waals surface area contributed by atoms with Crippen LogP contribution in [-0.4, -0.2) is 0 Å². The molecule has 1 saturated carbocycles. The number of fused-ring (bicyclic) bond motifs is 1. The highest BCUT2D eigenvalue weighted by molar-refractivity contribution is 5.36. The largest absolute Gasteiger partial charge is 0.0771 e. The van der Waals surface area contributed by atoms with Crippen LogP contribution < -0.4 is 0 Å². The van der Waals surface area contributed by atoms with Crippen molar-refractivity contribution in [1.29, 1.82) is 0 Å². The van der Waals surface area contributed by atoms with Gasteiger partial charge in [-0.05, 0) is 32.1 Å². The Bertz CT molecular complexity index is 196.